The van der Waals surface area contributed by atoms with Crippen LogP contribution in [0.3, 0.4) is 0 Å². The van der Waals surface area contributed by atoms with Gasteiger partial charge >= 0.3 is 0 Å². The van der Waals surface area contributed by atoms with Crippen LogP contribution in [0.2, 0.25) is 0 Å². The van der Waals surface area contributed by atoms with Crippen molar-refractivity contribution in [2.24, 2.45) is 0 Å². The molecule has 0 spiro atoms. The second kappa shape index (κ2) is 6.21. The number of nitrogen functional groups attached to an aromatic ring is 1. The van der Waals surface area contributed by atoms with Crippen LogP contribution >= 0.6 is 0 Å². The zero-order valence-corrected chi connectivity index (χ0v) is 11.6. The van der Waals surface area contributed by atoms with Crippen molar-refractivity contribution in [1.29, 1.82) is 0 Å². The van der Waals surface area contributed by atoms with Crippen LogP contribution in [0.4, 0.5) is 5.69 Å². The zero-order chi connectivity index (χ0) is 13.0. The fourth-order valence-electron chi connectivity index (χ4n) is 2.68. The second-order valence-corrected chi connectivity index (χ2v) is 5.46. The Morgan fingerprint density at radius 3 is 2.61 bits per heavy atom. The highest BCUT2D eigenvalue weighted by Crippen LogP contribution is 2.16. The van der Waals surface area contributed by atoms with E-state index in [1.807, 2.05) is 12.1 Å². The van der Waals surface area contributed by atoms with E-state index >= 15 is 0 Å². The highest BCUT2D eigenvalue weighted by molar-refractivity contribution is 5.46. The van der Waals surface area contributed by atoms with Gasteiger partial charge < -0.3 is 15.5 Å². The largest absolute Gasteiger partial charge is 0.399 e. The lowest BCUT2D eigenvalue weighted by molar-refractivity contribution is 0.145. The average molecular weight is 247 g/mol. The fourth-order valence-corrected chi connectivity index (χ4v) is 2.68. The van der Waals surface area contributed by atoms with Crippen LogP contribution in [0.25, 0.3) is 0 Å². The monoisotopic (exact) mass is 247 g/mol. The van der Waals surface area contributed by atoms with Crippen LogP contribution in [0.1, 0.15) is 18.4 Å². The van der Waals surface area contributed by atoms with Gasteiger partial charge in [0, 0.05) is 18.3 Å². The van der Waals surface area contributed by atoms with Gasteiger partial charge in [0.2, 0.25) is 0 Å². The van der Waals surface area contributed by atoms with E-state index in [9.17, 15) is 0 Å². The predicted molar refractivity (Wildman–Crippen MR) is 77.7 cm³/mol. The highest BCUT2D eigenvalue weighted by atomic mass is 15.2. The molecule has 1 aliphatic heterocycles. The summed E-state index contributed by atoms with van der Waals surface area (Å²) in [5.74, 6) is 0. The molecule has 1 aromatic carbocycles. The standard InChI is InChI=1S/C15H25N3/c1-17-10-8-14(9-11-17)18(2)12-7-13-5-3-4-6-15(13)16/h3-6,14H,7-12,16H2,1-2H3. The maximum atomic E-state index is 5.98. The minimum absolute atomic E-state index is 0.742. The summed E-state index contributed by atoms with van der Waals surface area (Å²) in [5, 5.41) is 0. The average Bonchev–Trinajstić information content (AvgIpc) is 2.38. The van der Waals surface area contributed by atoms with Crippen LogP contribution in [-0.4, -0.2) is 49.6 Å². The smallest absolute Gasteiger partial charge is 0.0347 e. The fraction of sp³-hybridized carbons (Fsp3) is 0.600. The Labute approximate surface area is 111 Å². The summed E-state index contributed by atoms with van der Waals surface area (Å²) < 4.78 is 0. The lowest BCUT2D eigenvalue weighted by atomic mass is 10.0. The minimum Gasteiger partial charge on any atom is -0.399 e. The normalized spacial score (nSPS) is 18.4. The molecule has 1 heterocycles. The van der Waals surface area contributed by atoms with Gasteiger partial charge in [-0.15, -0.1) is 0 Å². The topological polar surface area (TPSA) is 32.5 Å². The third-order valence-electron chi connectivity index (χ3n) is 4.10. The van der Waals surface area contributed by atoms with Crippen molar-refractivity contribution in [2.45, 2.75) is 25.3 Å². The van der Waals surface area contributed by atoms with Crippen molar-refractivity contribution in [1.82, 2.24) is 9.80 Å². The van der Waals surface area contributed by atoms with Crippen molar-refractivity contribution in [3.8, 4) is 0 Å². The first-order valence-electron chi connectivity index (χ1n) is 6.89. The maximum absolute atomic E-state index is 5.98. The number of anilines is 1. The molecule has 1 aliphatic rings. The lowest BCUT2D eigenvalue weighted by Gasteiger charge is -2.35. The van der Waals surface area contributed by atoms with Crippen LogP contribution < -0.4 is 5.73 Å². The molecular formula is C15H25N3. The van der Waals surface area contributed by atoms with Gasteiger partial charge in [-0.25, -0.2) is 0 Å². The molecule has 1 saturated heterocycles. The van der Waals surface area contributed by atoms with E-state index in [0.717, 1.165) is 24.7 Å². The molecular weight excluding hydrogens is 222 g/mol. The Balaban J connectivity index is 1.81. The van der Waals surface area contributed by atoms with E-state index in [2.05, 4.69) is 36.0 Å². The number of benzene rings is 1. The van der Waals surface area contributed by atoms with Gasteiger partial charge in [-0.2, -0.15) is 0 Å². The van der Waals surface area contributed by atoms with Gasteiger partial charge in [-0.3, -0.25) is 0 Å². The van der Waals surface area contributed by atoms with Crippen LogP contribution in [0, 0.1) is 0 Å². The number of hydrogen-bond donors (Lipinski definition) is 1. The van der Waals surface area contributed by atoms with Gasteiger partial charge in [0.1, 0.15) is 0 Å². The summed E-state index contributed by atoms with van der Waals surface area (Å²) >= 11 is 0. The number of piperidine rings is 1. The molecule has 0 bridgehead atoms. The van der Waals surface area contributed by atoms with Crippen LogP contribution in [0.15, 0.2) is 24.3 Å². The Kier molecular flexibility index (Phi) is 4.61. The number of para-hydroxylation sites is 1. The molecule has 1 aromatic rings. The van der Waals surface area contributed by atoms with E-state index in [1.165, 1.54) is 31.5 Å². The molecule has 0 radical (unpaired) electrons. The van der Waals surface area contributed by atoms with Crippen molar-refractivity contribution >= 4 is 5.69 Å². The van der Waals surface area contributed by atoms with Crippen molar-refractivity contribution in [3.05, 3.63) is 29.8 Å². The van der Waals surface area contributed by atoms with Gasteiger partial charge in [0.25, 0.3) is 0 Å². The first-order valence-corrected chi connectivity index (χ1v) is 6.89. The first-order chi connectivity index (χ1) is 8.66. The Bertz CT molecular complexity index is 370. The molecule has 0 aliphatic carbocycles. The summed E-state index contributed by atoms with van der Waals surface area (Å²) in [5.41, 5.74) is 8.18. The molecule has 3 nitrogen and oxygen atoms in total. The number of nitrogens with zero attached hydrogens (tertiary/aromatic N) is 2. The summed E-state index contributed by atoms with van der Waals surface area (Å²) in [7, 11) is 4.45. The Morgan fingerprint density at radius 2 is 1.94 bits per heavy atom. The van der Waals surface area contributed by atoms with Gasteiger partial charge in [0.05, 0.1) is 0 Å². The zero-order valence-electron chi connectivity index (χ0n) is 11.6. The van der Waals surface area contributed by atoms with Crippen molar-refractivity contribution < 1.29 is 0 Å². The summed E-state index contributed by atoms with van der Waals surface area (Å²) in [6.45, 7) is 3.55. The lowest BCUT2D eigenvalue weighted by Crippen LogP contribution is -2.42. The summed E-state index contributed by atoms with van der Waals surface area (Å²) in [6, 6.07) is 8.94. The quantitative estimate of drug-likeness (QED) is 0.824. The molecule has 3 heteroatoms. The number of likely N-dealkylation sites (N-methyl/N-ethyl adjacent to an activating group) is 1. The predicted octanol–water partition coefficient (Wildman–Crippen LogP) is 1.84. The molecule has 0 unspecified atom stereocenters. The SMILES string of the molecule is CN1CCC(N(C)CCc2ccccc2N)CC1. The van der Waals surface area contributed by atoms with E-state index in [1.54, 1.807) is 0 Å². The minimum atomic E-state index is 0.742. The van der Waals surface area contributed by atoms with E-state index in [-0.39, 0.29) is 0 Å². The molecule has 1 fully saturated rings. The molecule has 18 heavy (non-hydrogen) atoms. The highest BCUT2D eigenvalue weighted by Gasteiger charge is 2.20. The maximum Gasteiger partial charge on any atom is 0.0347 e. The van der Waals surface area contributed by atoms with Crippen molar-refractivity contribution in [3.63, 3.8) is 0 Å². The molecule has 0 amide bonds. The summed E-state index contributed by atoms with van der Waals surface area (Å²) in [6.07, 6.45) is 3.63. The van der Waals surface area contributed by atoms with Crippen LogP contribution in [0.5, 0.6) is 0 Å². The molecule has 0 saturated carbocycles. The molecule has 0 aromatic heterocycles. The Morgan fingerprint density at radius 1 is 1.28 bits per heavy atom. The van der Waals surface area contributed by atoms with Gasteiger partial charge in [0.15, 0.2) is 0 Å². The number of rotatable bonds is 4. The Hall–Kier alpha value is -1.06. The molecule has 0 atom stereocenters. The number of nitrogens with two attached hydrogens (primary N) is 1. The molecule has 100 valence electrons. The number of likely N-dealkylation sites (tertiary alicyclic amines) is 1. The molecule has 2 N–H and O–H groups in total. The number of hydrogen-bond acceptors (Lipinski definition) is 3. The van der Waals surface area contributed by atoms with E-state index in [0.29, 0.717) is 0 Å². The van der Waals surface area contributed by atoms with Gasteiger partial charge in [-0.05, 0) is 58.1 Å². The van der Waals surface area contributed by atoms with Gasteiger partial charge in [-0.1, -0.05) is 18.2 Å². The van der Waals surface area contributed by atoms with Crippen molar-refractivity contribution in [2.75, 3.05) is 39.5 Å². The third-order valence-corrected chi connectivity index (χ3v) is 4.10. The second-order valence-electron chi connectivity index (χ2n) is 5.46. The third kappa shape index (κ3) is 3.47. The van der Waals surface area contributed by atoms with Crippen LogP contribution in [-0.2, 0) is 6.42 Å². The summed E-state index contributed by atoms with van der Waals surface area (Å²) in [4.78, 5) is 4.92. The van der Waals surface area contributed by atoms with E-state index in [4.69, 9.17) is 5.73 Å². The van der Waals surface area contributed by atoms with E-state index < -0.39 is 0 Å². The molecule has 2 rings (SSSR count). The first kappa shape index (κ1) is 13.4.